The Kier molecular flexibility index (Phi) is 7.53. The normalized spacial score (nSPS) is 11.0. The van der Waals surface area contributed by atoms with Crippen LogP contribution in [0.2, 0.25) is 0 Å². The van der Waals surface area contributed by atoms with Crippen molar-refractivity contribution in [2.24, 2.45) is 0 Å². The first-order valence-electron chi connectivity index (χ1n) is 10.8. The first-order valence-corrected chi connectivity index (χ1v) is 10.8. The standard InChI is InChI=1S/C26H32N2O3/c1-5-31-23-11-9-21(10-12-23)13-14-27-16-24-19(3)28(20(4)25(24)26(29)30)17-22-8-6-7-18(2)15-22/h6-12,15,27H,5,13-14,16-17H2,1-4H3,(H,29,30). The number of nitrogens with one attached hydrogen (secondary N) is 1. The molecule has 0 aliphatic rings. The zero-order chi connectivity index (χ0) is 22.4. The van der Waals surface area contributed by atoms with Crippen molar-refractivity contribution in [3.05, 3.63) is 87.7 Å². The van der Waals surface area contributed by atoms with Gasteiger partial charge in [0.05, 0.1) is 12.2 Å². The second kappa shape index (κ2) is 10.3. The number of nitrogens with zero attached hydrogens (tertiary/aromatic N) is 1. The molecule has 3 aromatic rings. The minimum atomic E-state index is -0.869. The molecule has 3 rings (SSSR count). The van der Waals surface area contributed by atoms with Gasteiger partial charge in [0.25, 0.3) is 0 Å². The smallest absolute Gasteiger partial charge is 0.337 e. The van der Waals surface area contributed by atoms with Crippen LogP contribution in [0.1, 0.15) is 50.9 Å². The van der Waals surface area contributed by atoms with Crippen molar-refractivity contribution in [2.45, 2.75) is 47.2 Å². The maximum atomic E-state index is 12.0. The van der Waals surface area contributed by atoms with Gasteiger partial charge in [-0.2, -0.15) is 0 Å². The lowest BCUT2D eigenvalue weighted by atomic mass is 10.1. The van der Waals surface area contributed by atoms with E-state index < -0.39 is 5.97 Å². The molecule has 0 aliphatic carbocycles. The van der Waals surface area contributed by atoms with E-state index in [4.69, 9.17) is 4.74 Å². The molecule has 0 saturated heterocycles. The third-order valence-electron chi connectivity index (χ3n) is 5.67. The van der Waals surface area contributed by atoms with Gasteiger partial charge in [0.2, 0.25) is 0 Å². The van der Waals surface area contributed by atoms with Crippen molar-refractivity contribution in [1.29, 1.82) is 0 Å². The summed E-state index contributed by atoms with van der Waals surface area (Å²) in [6, 6.07) is 16.5. The van der Waals surface area contributed by atoms with Gasteiger partial charge in [-0.3, -0.25) is 0 Å². The van der Waals surface area contributed by atoms with E-state index in [0.717, 1.165) is 35.7 Å². The minimum absolute atomic E-state index is 0.415. The van der Waals surface area contributed by atoms with Gasteiger partial charge >= 0.3 is 5.97 Å². The van der Waals surface area contributed by atoms with Crippen LogP contribution in [0.15, 0.2) is 48.5 Å². The number of aryl methyl sites for hydroxylation is 1. The van der Waals surface area contributed by atoms with Gasteiger partial charge in [-0.15, -0.1) is 0 Å². The molecule has 2 N–H and O–H groups in total. The Morgan fingerprint density at radius 1 is 1.03 bits per heavy atom. The summed E-state index contributed by atoms with van der Waals surface area (Å²) in [5.74, 6) is 0.0123. The first kappa shape index (κ1) is 22.6. The third kappa shape index (κ3) is 5.56. The maximum Gasteiger partial charge on any atom is 0.337 e. The van der Waals surface area contributed by atoms with Gasteiger partial charge in [0, 0.05) is 30.0 Å². The van der Waals surface area contributed by atoms with Crippen LogP contribution in [0.4, 0.5) is 0 Å². The Hall–Kier alpha value is -3.05. The van der Waals surface area contributed by atoms with E-state index in [0.29, 0.717) is 25.3 Å². The molecule has 0 fully saturated rings. The summed E-state index contributed by atoms with van der Waals surface area (Å²) in [5, 5.41) is 13.3. The fourth-order valence-electron chi connectivity index (χ4n) is 4.04. The molecule has 31 heavy (non-hydrogen) atoms. The van der Waals surface area contributed by atoms with Crippen LogP contribution in [0.5, 0.6) is 5.75 Å². The van der Waals surface area contributed by atoms with Crippen molar-refractivity contribution in [1.82, 2.24) is 9.88 Å². The number of aromatic carboxylic acids is 1. The van der Waals surface area contributed by atoms with E-state index in [1.807, 2.05) is 39.0 Å². The number of carboxylic acids is 1. The first-order chi connectivity index (χ1) is 14.9. The van der Waals surface area contributed by atoms with Crippen LogP contribution in [0.3, 0.4) is 0 Å². The average molecular weight is 421 g/mol. The summed E-state index contributed by atoms with van der Waals surface area (Å²) < 4.78 is 7.59. The molecule has 0 atom stereocenters. The Labute approximate surface area is 184 Å². The zero-order valence-corrected chi connectivity index (χ0v) is 18.9. The van der Waals surface area contributed by atoms with E-state index in [1.54, 1.807) is 0 Å². The number of rotatable bonds is 10. The number of carbonyl (C=O) groups is 1. The lowest BCUT2D eigenvalue weighted by Crippen LogP contribution is -2.18. The molecule has 5 heteroatoms. The number of benzene rings is 2. The lowest BCUT2D eigenvalue weighted by Gasteiger charge is -2.11. The Morgan fingerprint density at radius 3 is 2.42 bits per heavy atom. The number of hydrogen-bond donors (Lipinski definition) is 2. The molecule has 0 spiro atoms. The average Bonchev–Trinajstić information content (AvgIpc) is 2.97. The van der Waals surface area contributed by atoms with Crippen LogP contribution in [0, 0.1) is 20.8 Å². The Bertz CT molecular complexity index is 1040. The highest BCUT2D eigenvalue weighted by molar-refractivity contribution is 5.91. The van der Waals surface area contributed by atoms with Crippen molar-refractivity contribution >= 4 is 5.97 Å². The largest absolute Gasteiger partial charge is 0.494 e. The molecule has 0 amide bonds. The number of aromatic nitrogens is 1. The van der Waals surface area contributed by atoms with Crippen LogP contribution < -0.4 is 10.1 Å². The van der Waals surface area contributed by atoms with Gasteiger partial charge < -0.3 is 19.7 Å². The molecule has 0 aliphatic heterocycles. The Morgan fingerprint density at radius 2 is 1.77 bits per heavy atom. The van der Waals surface area contributed by atoms with Gasteiger partial charge in [-0.1, -0.05) is 42.0 Å². The van der Waals surface area contributed by atoms with Gasteiger partial charge in [-0.05, 0) is 63.9 Å². The number of hydrogen-bond acceptors (Lipinski definition) is 3. The second-order valence-corrected chi connectivity index (χ2v) is 7.91. The molecule has 164 valence electrons. The Balaban J connectivity index is 1.69. The summed E-state index contributed by atoms with van der Waals surface area (Å²) in [6.45, 7) is 10.6. The molecule has 0 unspecified atom stereocenters. The van der Waals surface area contributed by atoms with Gasteiger partial charge in [0.15, 0.2) is 0 Å². The molecule has 0 radical (unpaired) electrons. The molecular weight excluding hydrogens is 388 g/mol. The predicted octanol–water partition coefficient (Wildman–Crippen LogP) is 4.89. The highest BCUT2D eigenvalue weighted by atomic mass is 16.5. The van der Waals surface area contributed by atoms with E-state index in [-0.39, 0.29) is 0 Å². The summed E-state index contributed by atoms with van der Waals surface area (Å²) >= 11 is 0. The van der Waals surface area contributed by atoms with Crippen molar-refractivity contribution < 1.29 is 14.6 Å². The van der Waals surface area contributed by atoms with E-state index in [2.05, 4.69) is 47.1 Å². The quantitative estimate of drug-likeness (QED) is 0.458. The summed E-state index contributed by atoms with van der Waals surface area (Å²) in [6.07, 6.45) is 0.872. The van der Waals surface area contributed by atoms with Crippen molar-refractivity contribution in [3.8, 4) is 5.75 Å². The highest BCUT2D eigenvalue weighted by Crippen LogP contribution is 2.24. The fraction of sp³-hybridized carbons (Fsp3) is 0.346. The zero-order valence-electron chi connectivity index (χ0n) is 18.9. The van der Waals surface area contributed by atoms with Crippen molar-refractivity contribution in [2.75, 3.05) is 13.2 Å². The summed E-state index contributed by atoms with van der Waals surface area (Å²) in [7, 11) is 0. The molecular formula is C26H32N2O3. The molecule has 0 bridgehead atoms. The van der Waals surface area contributed by atoms with Crippen LogP contribution >= 0.6 is 0 Å². The van der Waals surface area contributed by atoms with Crippen LogP contribution in [-0.2, 0) is 19.5 Å². The maximum absolute atomic E-state index is 12.0. The lowest BCUT2D eigenvalue weighted by molar-refractivity contribution is 0.0694. The monoisotopic (exact) mass is 420 g/mol. The van der Waals surface area contributed by atoms with Crippen molar-refractivity contribution in [3.63, 3.8) is 0 Å². The molecule has 5 nitrogen and oxygen atoms in total. The topological polar surface area (TPSA) is 63.5 Å². The highest BCUT2D eigenvalue weighted by Gasteiger charge is 2.22. The van der Waals surface area contributed by atoms with E-state index >= 15 is 0 Å². The summed E-state index contributed by atoms with van der Waals surface area (Å²) in [4.78, 5) is 12.0. The molecule has 2 aromatic carbocycles. The SMILES string of the molecule is CCOc1ccc(CCNCc2c(C(=O)O)c(C)n(Cc3cccc(C)c3)c2C)cc1. The molecule has 1 aromatic heterocycles. The summed E-state index contributed by atoms with van der Waals surface area (Å²) in [5.41, 5.74) is 6.69. The number of ether oxygens (including phenoxy) is 1. The van der Waals surface area contributed by atoms with Gasteiger partial charge in [0.1, 0.15) is 5.75 Å². The van der Waals surface area contributed by atoms with Crippen LogP contribution in [-0.4, -0.2) is 28.8 Å². The second-order valence-electron chi connectivity index (χ2n) is 7.91. The molecule has 0 saturated carbocycles. The number of carboxylic acid groups (broad SMARTS) is 1. The minimum Gasteiger partial charge on any atom is -0.494 e. The third-order valence-corrected chi connectivity index (χ3v) is 5.67. The molecule has 1 heterocycles. The van der Waals surface area contributed by atoms with Crippen LogP contribution in [0.25, 0.3) is 0 Å². The van der Waals surface area contributed by atoms with E-state index in [1.165, 1.54) is 16.7 Å². The van der Waals surface area contributed by atoms with Gasteiger partial charge in [-0.25, -0.2) is 4.79 Å². The predicted molar refractivity (Wildman–Crippen MR) is 124 cm³/mol. The van der Waals surface area contributed by atoms with E-state index in [9.17, 15) is 9.90 Å². The fourth-order valence-corrected chi connectivity index (χ4v) is 4.04.